The molecule has 0 saturated heterocycles. The summed E-state index contributed by atoms with van der Waals surface area (Å²) < 4.78 is 17.8. The molecule has 2 aromatic carbocycles. The third-order valence-electron chi connectivity index (χ3n) is 2.39. The largest absolute Gasteiger partial charge is 0.423 e. The van der Waals surface area contributed by atoms with E-state index in [0.717, 1.165) is 5.56 Å². The Hall–Kier alpha value is -2.16. The molecule has 0 atom stereocenters. The first-order chi connectivity index (χ1) is 8.16. The number of hydrogen-bond donors (Lipinski definition) is 0. The number of benzene rings is 2. The molecule has 2 nitrogen and oxygen atoms in total. The van der Waals surface area contributed by atoms with Gasteiger partial charge < -0.3 is 4.74 Å². The fourth-order valence-electron chi connectivity index (χ4n) is 1.47. The Labute approximate surface area is 98.7 Å². The molecule has 17 heavy (non-hydrogen) atoms. The van der Waals surface area contributed by atoms with Gasteiger partial charge in [0.1, 0.15) is 11.6 Å². The predicted octanol–water partition coefficient (Wildman–Crippen LogP) is 3.35. The molecule has 0 N–H and O–H groups in total. The highest BCUT2D eigenvalue weighted by Gasteiger charge is 2.10. The Bertz CT molecular complexity index is 532. The molecule has 0 aromatic heterocycles. The lowest BCUT2D eigenvalue weighted by molar-refractivity contribution is 0.0734. The molecule has 0 bridgehead atoms. The zero-order valence-electron chi connectivity index (χ0n) is 9.31. The van der Waals surface area contributed by atoms with Crippen LogP contribution in [-0.4, -0.2) is 5.97 Å². The molecule has 0 unspecified atom stereocenters. The van der Waals surface area contributed by atoms with Gasteiger partial charge in [0.25, 0.3) is 0 Å². The Morgan fingerprint density at radius 3 is 2.35 bits per heavy atom. The Balaban J connectivity index is 2.17. The number of carbonyl (C=O) groups excluding carboxylic acids is 1. The zero-order valence-corrected chi connectivity index (χ0v) is 9.31. The van der Waals surface area contributed by atoms with Crippen molar-refractivity contribution in [3.63, 3.8) is 0 Å². The van der Waals surface area contributed by atoms with Crippen LogP contribution < -0.4 is 4.74 Å². The minimum absolute atomic E-state index is 0.333. The van der Waals surface area contributed by atoms with E-state index in [4.69, 9.17) is 4.74 Å². The molecule has 2 rings (SSSR count). The number of esters is 1. The van der Waals surface area contributed by atoms with Crippen LogP contribution in [0.2, 0.25) is 0 Å². The topological polar surface area (TPSA) is 26.3 Å². The standard InChI is InChI=1S/C14H11FO2/c1-10-4-2-3-5-13(10)14(16)17-12-8-6-11(15)7-9-12/h2-9H,1H3. The van der Waals surface area contributed by atoms with Gasteiger partial charge >= 0.3 is 5.97 Å². The van der Waals surface area contributed by atoms with Gasteiger partial charge in [0.15, 0.2) is 0 Å². The van der Waals surface area contributed by atoms with Gasteiger partial charge in [-0.25, -0.2) is 9.18 Å². The first-order valence-corrected chi connectivity index (χ1v) is 5.20. The van der Waals surface area contributed by atoms with E-state index < -0.39 is 5.97 Å². The van der Waals surface area contributed by atoms with Crippen LogP contribution in [0.5, 0.6) is 5.75 Å². The molecule has 3 heteroatoms. The first-order valence-electron chi connectivity index (χ1n) is 5.20. The number of carbonyl (C=O) groups is 1. The van der Waals surface area contributed by atoms with Crippen LogP contribution in [0.3, 0.4) is 0 Å². The van der Waals surface area contributed by atoms with Crippen LogP contribution in [-0.2, 0) is 0 Å². The number of rotatable bonds is 2. The third kappa shape index (κ3) is 2.69. The molecule has 0 amide bonds. The SMILES string of the molecule is Cc1ccccc1C(=O)Oc1ccc(F)cc1. The van der Waals surface area contributed by atoms with Gasteiger partial charge in [-0.05, 0) is 42.8 Å². The van der Waals surface area contributed by atoms with E-state index in [1.165, 1.54) is 24.3 Å². The second-order valence-corrected chi connectivity index (χ2v) is 3.66. The van der Waals surface area contributed by atoms with E-state index in [1.807, 2.05) is 19.1 Å². The molecular weight excluding hydrogens is 219 g/mol. The normalized spacial score (nSPS) is 10.0. The average molecular weight is 230 g/mol. The van der Waals surface area contributed by atoms with Crippen molar-refractivity contribution < 1.29 is 13.9 Å². The summed E-state index contributed by atoms with van der Waals surface area (Å²) in [4.78, 5) is 11.8. The van der Waals surface area contributed by atoms with Gasteiger partial charge in [-0.2, -0.15) is 0 Å². The Morgan fingerprint density at radius 1 is 1.06 bits per heavy atom. The zero-order chi connectivity index (χ0) is 12.3. The smallest absolute Gasteiger partial charge is 0.343 e. The van der Waals surface area contributed by atoms with E-state index in [-0.39, 0.29) is 5.82 Å². The Kier molecular flexibility index (Phi) is 3.19. The lowest BCUT2D eigenvalue weighted by Crippen LogP contribution is -2.09. The van der Waals surface area contributed by atoms with Gasteiger partial charge in [0, 0.05) is 0 Å². The molecule has 0 radical (unpaired) electrons. The van der Waals surface area contributed by atoms with E-state index in [2.05, 4.69) is 0 Å². The minimum atomic E-state index is -0.435. The van der Waals surface area contributed by atoms with Gasteiger partial charge in [-0.3, -0.25) is 0 Å². The molecule has 0 fully saturated rings. The average Bonchev–Trinajstić information content (AvgIpc) is 2.32. The molecule has 0 spiro atoms. The monoisotopic (exact) mass is 230 g/mol. The third-order valence-corrected chi connectivity index (χ3v) is 2.39. The lowest BCUT2D eigenvalue weighted by Gasteiger charge is -2.06. The highest BCUT2D eigenvalue weighted by atomic mass is 19.1. The fourth-order valence-corrected chi connectivity index (χ4v) is 1.47. The van der Waals surface area contributed by atoms with Crippen LogP contribution in [0.15, 0.2) is 48.5 Å². The molecule has 0 aliphatic carbocycles. The first kappa shape index (κ1) is 11.3. The molecule has 0 aliphatic heterocycles. The quantitative estimate of drug-likeness (QED) is 0.584. The summed E-state index contributed by atoms with van der Waals surface area (Å²) in [5, 5.41) is 0. The van der Waals surface area contributed by atoms with Gasteiger partial charge in [-0.15, -0.1) is 0 Å². The van der Waals surface area contributed by atoms with Gasteiger partial charge in [0.2, 0.25) is 0 Å². The fraction of sp³-hybridized carbons (Fsp3) is 0.0714. The summed E-state index contributed by atoms with van der Waals surface area (Å²) in [7, 11) is 0. The van der Waals surface area contributed by atoms with E-state index in [9.17, 15) is 9.18 Å². The van der Waals surface area contributed by atoms with Crippen LogP contribution in [0.4, 0.5) is 4.39 Å². The summed E-state index contributed by atoms with van der Waals surface area (Å²) in [5.74, 6) is -0.463. The molecular formula is C14H11FO2. The van der Waals surface area contributed by atoms with E-state index in [1.54, 1.807) is 12.1 Å². The maximum Gasteiger partial charge on any atom is 0.343 e. The minimum Gasteiger partial charge on any atom is -0.423 e. The van der Waals surface area contributed by atoms with Crippen molar-refractivity contribution in [2.45, 2.75) is 6.92 Å². The van der Waals surface area contributed by atoms with Gasteiger partial charge in [0.05, 0.1) is 5.56 Å². The van der Waals surface area contributed by atoms with Crippen molar-refractivity contribution in [1.29, 1.82) is 0 Å². The van der Waals surface area contributed by atoms with Crippen molar-refractivity contribution in [1.82, 2.24) is 0 Å². The second-order valence-electron chi connectivity index (χ2n) is 3.66. The van der Waals surface area contributed by atoms with Crippen LogP contribution >= 0.6 is 0 Å². The van der Waals surface area contributed by atoms with Crippen LogP contribution in [0, 0.1) is 12.7 Å². The van der Waals surface area contributed by atoms with E-state index in [0.29, 0.717) is 11.3 Å². The predicted molar refractivity (Wildman–Crippen MR) is 62.5 cm³/mol. The summed E-state index contributed by atoms with van der Waals surface area (Å²) in [6, 6.07) is 12.5. The summed E-state index contributed by atoms with van der Waals surface area (Å²) >= 11 is 0. The summed E-state index contributed by atoms with van der Waals surface area (Å²) in [6.07, 6.45) is 0. The maximum absolute atomic E-state index is 12.7. The highest BCUT2D eigenvalue weighted by molar-refractivity contribution is 5.92. The number of aryl methyl sites for hydroxylation is 1. The summed E-state index contributed by atoms with van der Waals surface area (Å²) in [6.45, 7) is 1.83. The van der Waals surface area contributed by atoms with Crippen molar-refractivity contribution in [2.75, 3.05) is 0 Å². The number of ether oxygens (including phenoxy) is 1. The molecule has 0 aliphatic rings. The second kappa shape index (κ2) is 4.78. The van der Waals surface area contributed by atoms with Crippen molar-refractivity contribution >= 4 is 5.97 Å². The number of halogens is 1. The van der Waals surface area contributed by atoms with Crippen LogP contribution in [0.25, 0.3) is 0 Å². The molecule has 0 saturated carbocycles. The highest BCUT2D eigenvalue weighted by Crippen LogP contribution is 2.15. The van der Waals surface area contributed by atoms with Crippen molar-refractivity contribution in [3.05, 3.63) is 65.5 Å². The molecule has 86 valence electrons. The molecule has 0 heterocycles. The Morgan fingerprint density at radius 2 is 1.71 bits per heavy atom. The lowest BCUT2D eigenvalue weighted by atomic mass is 10.1. The number of hydrogen-bond acceptors (Lipinski definition) is 2. The van der Waals surface area contributed by atoms with Crippen molar-refractivity contribution in [3.8, 4) is 5.75 Å². The maximum atomic E-state index is 12.7. The van der Waals surface area contributed by atoms with E-state index >= 15 is 0 Å². The van der Waals surface area contributed by atoms with Crippen LogP contribution in [0.1, 0.15) is 15.9 Å². The van der Waals surface area contributed by atoms with Gasteiger partial charge in [-0.1, -0.05) is 18.2 Å². The summed E-state index contributed by atoms with van der Waals surface area (Å²) in [5.41, 5.74) is 1.36. The molecule has 2 aromatic rings. The van der Waals surface area contributed by atoms with Crippen molar-refractivity contribution in [2.24, 2.45) is 0 Å².